The number of imidazole rings is 1. The Labute approximate surface area is 180 Å². The SMILES string of the molecule is Cl.OC(COc1ccc(Cl)cc1Cl)Cn1c(C2CCCC2)nc2ccccc21. The van der Waals surface area contributed by atoms with Gasteiger partial charge in [0.1, 0.15) is 24.3 Å². The first kappa shape index (κ1) is 21.3. The molecule has 0 bridgehead atoms. The first-order valence-electron chi connectivity index (χ1n) is 9.33. The highest BCUT2D eigenvalue weighted by Crippen LogP contribution is 2.35. The Morgan fingerprint density at radius 1 is 1.14 bits per heavy atom. The normalized spacial score (nSPS) is 15.5. The smallest absolute Gasteiger partial charge is 0.138 e. The third-order valence-electron chi connectivity index (χ3n) is 5.12. The van der Waals surface area contributed by atoms with E-state index in [0.717, 1.165) is 29.7 Å². The van der Waals surface area contributed by atoms with Gasteiger partial charge in [-0.15, -0.1) is 12.4 Å². The fourth-order valence-corrected chi connectivity index (χ4v) is 4.29. The number of halogens is 3. The number of hydrogen-bond acceptors (Lipinski definition) is 3. The molecule has 2 aromatic carbocycles. The van der Waals surface area contributed by atoms with E-state index in [9.17, 15) is 5.11 Å². The monoisotopic (exact) mass is 440 g/mol. The van der Waals surface area contributed by atoms with Crippen molar-refractivity contribution in [2.24, 2.45) is 0 Å². The molecule has 1 heterocycles. The number of benzene rings is 2. The van der Waals surface area contributed by atoms with Gasteiger partial charge in [-0.25, -0.2) is 4.98 Å². The Balaban J connectivity index is 0.00000225. The van der Waals surface area contributed by atoms with Crippen LogP contribution in [0.4, 0.5) is 0 Å². The molecule has 28 heavy (non-hydrogen) atoms. The summed E-state index contributed by atoms with van der Waals surface area (Å²) in [6.07, 6.45) is 4.14. The van der Waals surface area contributed by atoms with Crippen molar-refractivity contribution < 1.29 is 9.84 Å². The lowest BCUT2D eigenvalue weighted by Gasteiger charge is -2.18. The Morgan fingerprint density at radius 3 is 2.64 bits per heavy atom. The van der Waals surface area contributed by atoms with Crippen molar-refractivity contribution in [3.8, 4) is 5.75 Å². The topological polar surface area (TPSA) is 47.3 Å². The van der Waals surface area contributed by atoms with Gasteiger partial charge in [0, 0.05) is 10.9 Å². The first-order chi connectivity index (χ1) is 13.1. The van der Waals surface area contributed by atoms with Crippen molar-refractivity contribution in [2.45, 2.75) is 44.2 Å². The number of aliphatic hydroxyl groups is 1. The van der Waals surface area contributed by atoms with Crippen LogP contribution in [0.5, 0.6) is 5.75 Å². The van der Waals surface area contributed by atoms with Crippen molar-refractivity contribution in [2.75, 3.05) is 6.61 Å². The lowest BCUT2D eigenvalue weighted by Crippen LogP contribution is -2.25. The van der Waals surface area contributed by atoms with E-state index in [1.54, 1.807) is 18.2 Å². The predicted octanol–water partition coefficient (Wildman–Crippen LogP) is 5.86. The van der Waals surface area contributed by atoms with Gasteiger partial charge in [0.25, 0.3) is 0 Å². The summed E-state index contributed by atoms with van der Waals surface area (Å²) in [4.78, 5) is 4.87. The quantitative estimate of drug-likeness (QED) is 0.521. The number of fused-ring (bicyclic) bond motifs is 1. The fourth-order valence-electron chi connectivity index (χ4n) is 3.82. The van der Waals surface area contributed by atoms with E-state index >= 15 is 0 Å². The van der Waals surface area contributed by atoms with Crippen molar-refractivity contribution in [1.82, 2.24) is 9.55 Å². The van der Waals surface area contributed by atoms with Crippen LogP contribution in [0.2, 0.25) is 10.0 Å². The molecule has 0 aliphatic heterocycles. The zero-order chi connectivity index (χ0) is 18.8. The van der Waals surface area contributed by atoms with Crippen LogP contribution in [0.1, 0.15) is 37.4 Å². The molecule has 4 nitrogen and oxygen atoms in total. The van der Waals surface area contributed by atoms with Crippen LogP contribution >= 0.6 is 35.6 Å². The molecule has 0 amide bonds. The summed E-state index contributed by atoms with van der Waals surface area (Å²) in [7, 11) is 0. The molecule has 0 spiro atoms. The minimum Gasteiger partial charge on any atom is -0.489 e. The second-order valence-electron chi connectivity index (χ2n) is 7.09. The van der Waals surface area contributed by atoms with Crippen LogP contribution in [0.25, 0.3) is 11.0 Å². The maximum atomic E-state index is 10.6. The van der Waals surface area contributed by atoms with Gasteiger partial charge in [-0.1, -0.05) is 48.2 Å². The second-order valence-corrected chi connectivity index (χ2v) is 7.93. The fraction of sp³-hybridized carbons (Fsp3) is 0.381. The number of ether oxygens (including phenoxy) is 1. The van der Waals surface area contributed by atoms with Crippen molar-refractivity contribution in [1.29, 1.82) is 0 Å². The first-order valence-corrected chi connectivity index (χ1v) is 10.1. The summed E-state index contributed by atoms with van der Waals surface area (Å²) in [5, 5.41) is 11.6. The largest absolute Gasteiger partial charge is 0.489 e. The molecule has 0 radical (unpaired) electrons. The van der Waals surface area contributed by atoms with Gasteiger partial charge in [0.2, 0.25) is 0 Å². The highest BCUT2D eigenvalue weighted by Gasteiger charge is 2.24. The number of aromatic nitrogens is 2. The average molecular weight is 442 g/mol. The maximum Gasteiger partial charge on any atom is 0.138 e. The molecule has 1 fully saturated rings. The molecule has 1 atom stereocenters. The van der Waals surface area contributed by atoms with E-state index in [0.29, 0.717) is 28.3 Å². The van der Waals surface area contributed by atoms with E-state index in [1.807, 2.05) is 18.2 Å². The van der Waals surface area contributed by atoms with Crippen molar-refractivity contribution >= 4 is 46.6 Å². The van der Waals surface area contributed by atoms with E-state index in [2.05, 4.69) is 10.6 Å². The lowest BCUT2D eigenvalue weighted by molar-refractivity contribution is 0.0925. The van der Waals surface area contributed by atoms with Gasteiger partial charge < -0.3 is 14.4 Å². The molecule has 7 heteroatoms. The van der Waals surface area contributed by atoms with E-state index in [1.165, 1.54) is 12.8 Å². The molecule has 1 saturated carbocycles. The van der Waals surface area contributed by atoms with Crippen LogP contribution in [-0.2, 0) is 6.54 Å². The third-order valence-corrected chi connectivity index (χ3v) is 5.65. The van der Waals surface area contributed by atoms with Crippen LogP contribution in [0.3, 0.4) is 0 Å². The Kier molecular flexibility index (Phi) is 7.10. The van der Waals surface area contributed by atoms with Crippen LogP contribution in [-0.4, -0.2) is 27.4 Å². The van der Waals surface area contributed by atoms with E-state index in [-0.39, 0.29) is 19.0 Å². The standard InChI is InChI=1S/C21H22Cl2N2O2.ClH/c22-15-9-10-20(17(23)11-15)27-13-16(26)12-25-19-8-4-3-7-18(19)24-21(25)14-5-1-2-6-14;/h3-4,7-11,14,16,26H,1-2,5-6,12-13H2;1H. The van der Waals surface area contributed by atoms with Gasteiger partial charge in [0.05, 0.1) is 22.6 Å². The minimum atomic E-state index is -0.672. The number of para-hydroxylation sites is 2. The Bertz CT molecular complexity index is 939. The van der Waals surface area contributed by atoms with E-state index < -0.39 is 6.10 Å². The summed E-state index contributed by atoms with van der Waals surface area (Å²) < 4.78 is 7.86. The highest BCUT2D eigenvalue weighted by atomic mass is 35.5. The summed E-state index contributed by atoms with van der Waals surface area (Å²) in [5.74, 6) is 2.07. The molecule has 4 rings (SSSR count). The highest BCUT2D eigenvalue weighted by molar-refractivity contribution is 6.35. The molecule has 1 N–H and O–H groups in total. The second kappa shape index (κ2) is 9.36. The molecule has 1 aromatic heterocycles. The number of hydrogen-bond donors (Lipinski definition) is 1. The average Bonchev–Trinajstić information content (AvgIpc) is 3.29. The zero-order valence-electron chi connectivity index (χ0n) is 15.4. The predicted molar refractivity (Wildman–Crippen MR) is 116 cm³/mol. The number of rotatable bonds is 6. The van der Waals surface area contributed by atoms with Crippen LogP contribution in [0, 0.1) is 0 Å². The van der Waals surface area contributed by atoms with Crippen LogP contribution in [0.15, 0.2) is 42.5 Å². The maximum absolute atomic E-state index is 10.6. The zero-order valence-corrected chi connectivity index (χ0v) is 17.7. The molecular weight excluding hydrogens is 419 g/mol. The molecule has 150 valence electrons. The Morgan fingerprint density at radius 2 is 1.89 bits per heavy atom. The lowest BCUT2D eigenvalue weighted by atomic mass is 10.1. The van der Waals surface area contributed by atoms with Crippen molar-refractivity contribution in [3.63, 3.8) is 0 Å². The van der Waals surface area contributed by atoms with Gasteiger partial charge in [-0.3, -0.25) is 0 Å². The number of aliphatic hydroxyl groups excluding tert-OH is 1. The van der Waals surface area contributed by atoms with E-state index in [4.69, 9.17) is 32.9 Å². The number of nitrogens with zero attached hydrogens (tertiary/aromatic N) is 2. The van der Waals surface area contributed by atoms with Crippen molar-refractivity contribution in [3.05, 3.63) is 58.3 Å². The minimum absolute atomic E-state index is 0. The summed E-state index contributed by atoms with van der Waals surface area (Å²) in [5.41, 5.74) is 2.04. The Hall–Kier alpha value is -1.46. The van der Waals surface area contributed by atoms with Gasteiger partial charge >= 0.3 is 0 Å². The molecule has 1 aliphatic rings. The molecule has 0 saturated heterocycles. The third kappa shape index (κ3) is 4.57. The molecule has 3 aromatic rings. The molecular formula is C21H23Cl3N2O2. The summed E-state index contributed by atoms with van der Waals surface area (Å²) >= 11 is 12.0. The van der Waals surface area contributed by atoms with Gasteiger partial charge in [0.15, 0.2) is 0 Å². The summed E-state index contributed by atoms with van der Waals surface area (Å²) in [6, 6.07) is 13.2. The molecule has 1 aliphatic carbocycles. The van der Waals surface area contributed by atoms with Crippen LogP contribution < -0.4 is 4.74 Å². The van der Waals surface area contributed by atoms with Gasteiger partial charge in [-0.2, -0.15) is 0 Å². The summed E-state index contributed by atoms with van der Waals surface area (Å²) in [6.45, 7) is 0.593. The molecule has 1 unspecified atom stereocenters. The van der Waals surface area contributed by atoms with Gasteiger partial charge in [-0.05, 0) is 43.2 Å².